The highest BCUT2D eigenvalue weighted by Gasteiger charge is 2.18. The minimum Gasteiger partial charge on any atom is -0.342 e. The summed E-state index contributed by atoms with van der Waals surface area (Å²) in [6, 6.07) is 2.06. The van der Waals surface area contributed by atoms with Crippen LogP contribution >= 0.6 is 0 Å². The summed E-state index contributed by atoms with van der Waals surface area (Å²) in [5.74, 6) is 0.122. The van der Waals surface area contributed by atoms with Gasteiger partial charge in [-0.25, -0.2) is 0 Å². The number of nitrogens with one attached hydrogen (secondary N) is 1. The molecule has 0 heterocycles. The predicted octanol–water partition coefficient (Wildman–Crippen LogP) is 0.994. The molecule has 4 heteroatoms. The lowest BCUT2D eigenvalue weighted by atomic mass is 10.1. The molecule has 1 unspecified atom stereocenters. The summed E-state index contributed by atoms with van der Waals surface area (Å²) in [5.41, 5.74) is 0. The number of nitriles is 1. The Bertz CT molecular complexity index is 222. The van der Waals surface area contributed by atoms with Crippen molar-refractivity contribution in [3.63, 3.8) is 0 Å². The SMILES string of the molecule is CCNCC(C)C(=O)N(CC)CCC#N. The molecule has 0 bridgehead atoms. The van der Waals surface area contributed by atoms with Crippen LogP contribution in [-0.4, -0.2) is 37.0 Å². The Morgan fingerprint density at radius 2 is 2.20 bits per heavy atom. The Balaban J connectivity index is 4.07. The van der Waals surface area contributed by atoms with E-state index in [1.54, 1.807) is 4.90 Å². The summed E-state index contributed by atoms with van der Waals surface area (Å²) < 4.78 is 0. The zero-order valence-corrected chi connectivity index (χ0v) is 9.92. The summed E-state index contributed by atoms with van der Waals surface area (Å²) in [6.07, 6.45) is 0.410. The molecule has 15 heavy (non-hydrogen) atoms. The third-order valence-electron chi connectivity index (χ3n) is 2.31. The Hall–Kier alpha value is -1.08. The number of carbonyl (C=O) groups excluding carboxylic acids is 1. The molecule has 0 rings (SSSR count). The maximum atomic E-state index is 11.9. The van der Waals surface area contributed by atoms with Crippen molar-refractivity contribution in [3.05, 3.63) is 0 Å². The molecule has 0 aromatic heterocycles. The van der Waals surface area contributed by atoms with Gasteiger partial charge in [0.2, 0.25) is 5.91 Å². The van der Waals surface area contributed by atoms with Gasteiger partial charge in [0.05, 0.1) is 12.5 Å². The molecule has 0 aromatic rings. The molecule has 4 nitrogen and oxygen atoms in total. The summed E-state index contributed by atoms with van der Waals surface area (Å²) in [5, 5.41) is 11.6. The van der Waals surface area contributed by atoms with Gasteiger partial charge in [-0.15, -0.1) is 0 Å². The van der Waals surface area contributed by atoms with Crippen LogP contribution in [0.25, 0.3) is 0 Å². The first-order valence-corrected chi connectivity index (χ1v) is 5.53. The minimum absolute atomic E-state index is 0.0106. The third kappa shape index (κ3) is 5.38. The molecule has 1 amide bonds. The van der Waals surface area contributed by atoms with Gasteiger partial charge in [-0.3, -0.25) is 4.79 Å². The largest absolute Gasteiger partial charge is 0.342 e. The van der Waals surface area contributed by atoms with Crippen LogP contribution in [0.15, 0.2) is 0 Å². The molecule has 0 aliphatic carbocycles. The molecule has 0 saturated carbocycles. The number of carbonyl (C=O) groups is 1. The molecule has 0 aliphatic heterocycles. The van der Waals surface area contributed by atoms with Gasteiger partial charge in [0, 0.05) is 25.6 Å². The van der Waals surface area contributed by atoms with E-state index in [0.717, 1.165) is 6.54 Å². The summed E-state index contributed by atoms with van der Waals surface area (Å²) in [6.45, 7) is 8.68. The van der Waals surface area contributed by atoms with Gasteiger partial charge in [0.25, 0.3) is 0 Å². The smallest absolute Gasteiger partial charge is 0.226 e. The van der Waals surface area contributed by atoms with Gasteiger partial charge in [0.15, 0.2) is 0 Å². The molecular weight excluding hydrogens is 190 g/mol. The highest BCUT2D eigenvalue weighted by molar-refractivity contribution is 5.78. The van der Waals surface area contributed by atoms with Crippen molar-refractivity contribution in [2.75, 3.05) is 26.2 Å². The lowest BCUT2D eigenvalue weighted by molar-refractivity contribution is -0.134. The third-order valence-corrected chi connectivity index (χ3v) is 2.31. The fourth-order valence-corrected chi connectivity index (χ4v) is 1.37. The second-order valence-electron chi connectivity index (χ2n) is 3.53. The molecule has 0 aromatic carbocycles. The average Bonchev–Trinajstić information content (AvgIpc) is 2.26. The fourth-order valence-electron chi connectivity index (χ4n) is 1.37. The number of hydrogen-bond acceptors (Lipinski definition) is 3. The van der Waals surface area contributed by atoms with Gasteiger partial charge in [-0.1, -0.05) is 13.8 Å². The van der Waals surface area contributed by atoms with E-state index < -0.39 is 0 Å². The number of amides is 1. The topological polar surface area (TPSA) is 56.1 Å². The quantitative estimate of drug-likeness (QED) is 0.683. The first-order chi connectivity index (χ1) is 7.17. The van der Waals surface area contributed by atoms with E-state index in [1.165, 1.54) is 0 Å². The van der Waals surface area contributed by atoms with Crippen LogP contribution in [-0.2, 0) is 4.79 Å². The van der Waals surface area contributed by atoms with Crippen LogP contribution in [0.1, 0.15) is 27.2 Å². The Morgan fingerprint density at radius 3 is 2.67 bits per heavy atom. The highest BCUT2D eigenvalue weighted by atomic mass is 16.2. The van der Waals surface area contributed by atoms with Gasteiger partial charge in [-0.2, -0.15) is 5.26 Å². The normalized spacial score (nSPS) is 11.9. The standard InChI is InChI=1S/C11H21N3O/c1-4-13-9-10(3)11(15)14(5-2)8-6-7-12/h10,13H,4-6,8-9H2,1-3H3. The predicted molar refractivity (Wildman–Crippen MR) is 60.2 cm³/mol. The molecule has 0 spiro atoms. The van der Waals surface area contributed by atoms with Crippen LogP contribution in [0.3, 0.4) is 0 Å². The summed E-state index contributed by atoms with van der Waals surface area (Å²) in [7, 11) is 0. The van der Waals surface area contributed by atoms with E-state index in [1.807, 2.05) is 20.8 Å². The van der Waals surface area contributed by atoms with E-state index in [4.69, 9.17) is 5.26 Å². The van der Waals surface area contributed by atoms with Gasteiger partial charge in [0.1, 0.15) is 0 Å². The molecule has 0 aliphatic rings. The van der Waals surface area contributed by atoms with E-state index in [0.29, 0.717) is 26.1 Å². The maximum absolute atomic E-state index is 11.9. The van der Waals surface area contributed by atoms with Crippen LogP contribution in [0.2, 0.25) is 0 Å². The second kappa shape index (κ2) is 8.25. The van der Waals surface area contributed by atoms with Crippen molar-refractivity contribution >= 4 is 5.91 Å². The Kier molecular flexibility index (Phi) is 7.65. The van der Waals surface area contributed by atoms with E-state index in [2.05, 4.69) is 11.4 Å². The maximum Gasteiger partial charge on any atom is 0.226 e. The number of nitrogens with zero attached hydrogens (tertiary/aromatic N) is 2. The van der Waals surface area contributed by atoms with Crippen LogP contribution < -0.4 is 5.32 Å². The average molecular weight is 211 g/mol. The van der Waals surface area contributed by atoms with Crippen LogP contribution in [0.5, 0.6) is 0 Å². The molecule has 0 radical (unpaired) electrons. The van der Waals surface area contributed by atoms with Crippen molar-refractivity contribution < 1.29 is 4.79 Å². The van der Waals surface area contributed by atoms with Crippen molar-refractivity contribution in [2.45, 2.75) is 27.2 Å². The van der Waals surface area contributed by atoms with Crippen molar-refractivity contribution in [1.82, 2.24) is 10.2 Å². The number of hydrogen-bond donors (Lipinski definition) is 1. The van der Waals surface area contributed by atoms with Gasteiger partial charge < -0.3 is 10.2 Å². The Morgan fingerprint density at radius 1 is 1.53 bits per heavy atom. The molecule has 1 atom stereocenters. The van der Waals surface area contributed by atoms with Crippen molar-refractivity contribution in [2.24, 2.45) is 5.92 Å². The molecule has 1 N–H and O–H groups in total. The van der Waals surface area contributed by atoms with Crippen LogP contribution in [0, 0.1) is 17.2 Å². The van der Waals surface area contributed by atoms with Gasteiger partial charge >= 0.3 is 0 Å². The molecule has 0 fully saturated rings. The van der Waals surface area contributed by atoms with E-state index in [-0.39, 0.29) is 11.8 Å². The second-order valence-corrected chi connectivity index (χ2v) is 3.53. The Labute approximate surface area is 92.3 Å². The lowest BCUT2D eigenvalue weighted by Gasteiger charge is -2.23. The van der Waals surface area contributed by atoms with E-state index in [9.17, 15) is 4.79 Å². The minimum atomic E-state index is -0.0106. The van der Waals surface area contributed by atoms with E-state index >= 15 is 0 Å². The van der Waals surface area contributed by atoms with Crippen LogP contribution in [0.4, 0.5) is 0 Å². The molecule has 86 valence electrons. The zero-order chi connectivity index (χ0) is 11.7. The molecular formula is C11H21N3O. The molecule has 0 saturated heterocycles. The zero-order valence-electron chi connectivity index (χ0n) is 9.92. The van der Waals surface area contributed by atoms with Crippen molar-refractivity contribution in [3.8, 4) is 6.07 Å². The fraction of sp³-hybridized carbons (Fsp3) is 0.818. The monoisotopic (exact) mass is 211 g/mol. The lowest BCUT2D eigenvalue weighted by Crippen LogP contribution is -2.39. The first-order valence-electron chi connectivity index (χ1n) is 5.53. The number of rotatable bonds is 7. The van der Waals surface area contributed by atoms with Crippen molar-refractivity contribution in [1.29, 1.82) is 5.26 Å². The summed E-state index contributed by atoms with van der Waals surface area (Å²) in [4.78, 5) is 13.6. The highest BCUT2D eigenvalue weighted by Crippen LogP contribution is 2.02. The first kappa shape index (κ1) is 13.9. The summed E-state index contributed by atoms with van der Waals surface area (Å²) >= 11 is 0. The van der Waals surface area contributed by atoms with Gasteiger partial charge in [-0.05, 0) is 13.5 Å².